The molecule has 2 heterocycles. The third-order valence-electron chi connectivity index (χ3n) is 3.25. The molecule has 0 bridgehead atoms. The summed E-state index contributed by atoms with van der Waals surface area (Å²) in [5, 5.41) is 9.99. The molecule has 0 amide bonds. The summed E-state index contributed by atoms with van der Waals surface area (Å²) in [6, 6.07) is 6.50. The zero-order valence-electron chi connectivity index (χ0n) is 9.61. The Morgan fingerprint density at radius 2 is 2.17 bits per heavy atom. The summed E-state index contributed by atoms with van der Waals surface area (Å²) in [6.07, 6.45) is 0.724. The molecule has 94 valence electrons. The van der Waals surface area contributed by atoms with E-state index in [-0.39, 0.29) is 11.9 Å². The molecule has 2 aromatic rings. The van der Waals surface area contributed by atoms with Crippen molar-refractivity contribution in [1.29, 1.82) is 0 Å². The molecule has 1 atom stereocenters. The molecule has 0 saturated carbocycles. The first kappa shape index (κ1) is 11.7. The second-order valence-corrected chi connectivity index (χ2v) is 4.81. The molecule has 1 aromatic heterocycles. The Morgan fingerprint density at radius 1 is 1.39 bits per heavy atom. The van der Waals surface area contributed by atoms with Gasteiger partial charge in [0.2, 0.25) is 0 Å². The maximum Gasteiger partial charge on any atom is 0.151 e. The Kier molecular flexibility index (Phi) is 2.84. The topological polar surface area (TPSA) is 38.0 Å². The lowest BCUT2D eigenvalue weighted by Crippen LogP contribution is -2.23. The highest BCUT2D eigenvalue weighted by Gasteiger charge is 2.25. The lowest BCUT2D eigenvalue weighted by molar-refractivity contribution is 0.144. The highest BCUT2D eigenvalue weighted by Crippen LogP contribution is 2.31. The van der Waals surface area contributed by atoms with Crippen LogP contribution in [-0.2, 0) is 13.0 Å². The molecule has 0 spiro atoms. The van der Waals surface area contributed by atoms with Crippen LogP contribution in [0, 0.1) is 5.82 Å². The standard InChI is InChI=1S/C13H12ClFN2O/c14-12-11-7-8(18)5-6-17(11)13(16-12)9-3-1-2-4-10(9)15/h1-4,8,18H,5-7H2. The molecule has 0 aliphatic carbocycles. The van der Waals surface area contributed by atoms with E-state index in [0.717, 1.165) is 5.69 Å². The Hall–Kier alpha value is -1.39. The van der Waals surface area contributed by atoms with E-state index >= 15 is 0 Å². The van der Waals surface area contributed by atoms with E-state index in [1.807, 2.05) is 4.57 Å². The summed E-state index contributed by atoms with van der Waals surface area (Å²) in [6.45, 7) is 0.611. The summed E-state index contributed by atoms with van der Waals surface area (Å²) < 4.78 is 15.7. The zero-order chi connectivity index (χ0) is 12.7. The second kappa shape index (κ2) is 4.37. The van der Waals surface area contributed by atoms with E-state index in [0.29, 0.717) is 35.9 Å². The van der Waals surface area contributed by atoms with Crippen molar-refractivity contribution >= 4 is 11.6 Å². The molecule has 3 rings (SSSR count). The number of fused-ring (bicyclic) bond motifs is 1. The fraction of sp³-hybridized carbons (Fsp3) is 0.308. The number of halogens is 2. The van der Waals surface area contributed by atoms with Crippen LogP contribution in [-0.4, -0.2) is 20.8 Å². The SMILES string of the molecule is OC1CCn2c(-c3ccccc3F)nc(Cl)c2C1. The lowest BCUT2D eigenvalue weighted by atomic mass is 10.1. The monoisotopic (exact) mass is 266 g/mol. The molecular weight excluding hydrogens is 255 g/mol. The van der Waals surface area contributed by atoms with Crippen molar-refractivity contribution in [2.24, 2.45) is 0 Å². The molecule has 1 aliphatic heterocycles. The van der Waals surface area contributed by atoms with Gasteiger partial charge in [-0.2, -0.15) is 0 Å². The van der Waals surface area contributed by atoms with Crippen molar-refractivity contribution in [2.75, 3.05) is 0 Å². The van der Waals surface area contributed by atoms with Gasteiger partial charge in [-0.25, -0.2) is 9.37 Å². The average molecular weight is 267 g/mol. The lowest BCUT2D eigenvalue weighted by Gasteiger charge is -2.21. The predicted octanol–water partition coefficient (Wildman–Crippen LogP) is 2.65. The summed E-state index contributed by atoms with van der Waals surface area (Å²) in [5.41, 5.74) is 1.23. The van der Waals surface area contributed by atoms with E-state index in [9.17, 15) is 9.50 Å². The summed E-state index contributed by atoms with van der Waals surface area (Å²) in [5.74, 6) is 0.230. The van der Waals surface area contributed by atoms with Crippen LogP contribution in [0.3, 0.4) is 0 Å². The second-order valence-electron chi connectivity index (χ2n) is 4.45. The van der Waals surface area contributed by atoms with Gasteiger partial charge in [-0.1, -0.05) is 23.7 Å². The van der Waals surface area contributed by atoms with Crippen LogP contribution in [0.1, 0.15) is 12.1 Å². The zero-order valence-corrected chi connectivity index (χ0v) is 10.4. The number of benzene rings is 1. The van der Waals surface area contributed by atoms with Crippen molar-refractivity contribution in [2.45, 2.75) is 25.5 Å². The maximum atomic E-state index is 13.8. The summed E-state index contributed by atoms with van der Waals surface area (Å²) >= 11 is 6.06. The smallest absolute Gasteiger partial charge is 0.151 e. The van der Waals surface area contributed by atoms with Gasteiger partial charge < -0.3 is 9.67 Å². The van der Waals surface area contributed by atoms with Crippen LogP contribution in [0.25, 0.3) is 11.4 Å². The maximum absolute atomic E-state index is 13.8. The van der Waals surface area contributed by atoms with Crippen molar-refractivity contribution in [3.8, 4) is 11.4 Å². The third kappa shape index (κ3) is 1.82. The van der Waals surface area contributed by atoms with Gasteiger partial charge in [0.1, 0.15) is 11.6 Å². The number of hydrogen-bond acceptors (Lipinski definition) is 2. The Morgan fingerprint density at radius 3 is 2.94 bits per heavy atom. The van der Waals surface area contributed by atoms with Crippen molar-refractivity contribution < 1.29 is 9.50 Å². The normalized spacial score (nSPS) is 18.7. The number of aliphatic hydroxyl groups excluding tert-OH is 1. The highest BCUT2D eigenvalue weighted by atomic mass is 35.5. The minimum absolute atomic E-state index is 0.312. The molecule has 0 saturated heterocycles. The predicted molar refractivity (Wildman–Crippen MR) is 67.0 cm³/mol. The molecule has 1 N–H and O–H groups in total. The van der Waals surface area contributed by atoms with Crippen LogP contribution in [0.4, 0.5) is 4.39 Å². The van der Waals surface area contributed by atoms with Gasteiger partial charge in [0.05, 0.1) is 17.4 Å². The third-order valence-corrected chi connectivity index (χ3v) is 3.56. The van der Waals surface area contributed by atoms with E-state index in [1.54, 1.807) is 18.2 Å². The van der Waals surface area contributed by atoms with Crippen LogP contribution in [0.2, 0.25) is 5.15 Å². The Labute approximate surface area is 109 Å². The molecular formula is C13H12ClFN2O. The van der Waals surface area contributed by atoms with Crippen molar-refractivity contribution in [3.05, 3.63) is 40.9 Å². The van der Waals surface area contributed by atoms with Crippen molar-refractivity contribution in [3.63, 3.8) is 0 Å². The number of nitrogens with zero attached hydrogens (tertiary/aromatic N) is 2. The van der Waals surface area contributed by atoms with E-state index in [4.69, 9.17) is 11.6 Å². The van der Waals surface area contributed by atoms with Gasteiger partial charge in [0.15, 0.2) is 5.15 Å². The number of imidazole rings is 1. The molecule has 3 nitrogen and oxygen atoms in total. The van der Waals surface area contributed by atoms with Crippen LogP contribution < -0.4 is 0 Å². The Balaban J connectivity index is 2.15. The summed E-state index contributed by atoms with van der Waals surface area (Å²) in [4.78, 5) is 4.24. The first-order valence-electron chi connectivity index (χ1n) is 5.84. The van der Waals surface area contributed by atoms with E-state index in [2.05, 4.69) is 4.98 Å². The number of aromatic nitrogens is 2. The molecule has 0 radical (unpaired) electrons. The molecule has 1 unspecified atom stereocenters. The van der Waals surface area contributed by atoms with E-state index < -0.39 is 0 Å². The van der Waals surface area contributed by atoms with E-state index in [1.165, 1.54) is 6.07 Å². The molecule has 5 heteroatoms. The first-order chi connectivity index (χ1) is 8.66. The quantitative estimate of drug-likeness (QED) is 0.862. The average Bonchev–Trinajstić information content (AvgIpc) is 2.67. The van der Waals surface area contributed by atoms with Crippen LogP contribution in [0.15, 0.2) is 24.3 Å². The van der Waals surface area contributed by atoms with Gasteiger partial charge in [-0.05, 0) is 18.6 Å². The number of aliphatic hydroxyl groups is 1. The number of rotatable bonds is 1. The minimum Gasteiger partial charge on any atom is -0.393 e. The first-order valence-corrected chi connectivity index (χ1v) is 6.22. The highest BCUT2D eigenvalue weighted by molar-refractivity contribution is 6.30. The molecule has 18 heavy (non-hydrogen) atoms. The van der Waals surface area contributed by atoms with Crippen LogP contribution >= 0.6 is 11.6 Å². The molecule has 1 aromatic carbocycles. The molecule has 1 aliphatic rings. The van der Waals surface area contributed by atoms with Crippen LogP contribution in [0.5, 0.6) is 0 Å². The van der Waals surface area contributed by atoms with Crippen molar-refractivity contribution in [1.82, 2.24) is 9.55 Å². The fourth-order valence-electron chi connectivity index (χ4n) is 2.34. The minimum atomic E-state index is -0.389. The Bertz CT molecular complexity index is 597. The van der Waals surface area contributed by atoms with Gasteiger partial charge in [-0.15, -0.1) is 0 Å². The molecule has 0 fully saturated rings. The number of hydrogen-bond donors (Lipinski definition) is 1. The fourth-order valence-corrected chi connectivity index (χ4v) is 2.60. The van der Waals surface area contributed by atoms with Gasteiger partial charge >= 0.3 is 0 Å². The largest absolute Gasteiger partial charge is 0.393 e. The summed E-state index contributed by atoms with van der Waals surface area (Å²) in [7, 11) is 0. The van der Waals surface area contributed by atoms with Gasteiger partial charge in [0, 0.05) is 13.0 Å². The van der Waals surface area contributed by atoms with Gasteiger partial charge in [-0.3, -0.25) is 0 Å². The van der Waals surface area contributed by atoms with Gasteiger partial charge in [0.25, 0.3) is 0 Å².